The number of anilines is 2. The van der Waals surface area contributed by atoms with Crippen LogP contribution in [0.3, 0.4) is 0 Å². The Morgan fingerprint density at radius 3 is 2.62 bits per heavy atom. The summed E-state index contributed by atoms with van der Waals surface area (Å²) in [5, 5.41) is 3.01. The monoisotopic (exact) mass is 324 g/mol. The van der Waals surface area contributed by atoms with Crippen molar-refractivity contribution in [3.8, 4) is 0 Å². The molecule has 1 aliphatic heterocycles. The molecule has 126 valence electrons. The van der Waals surface area contributed by atoms with Gasteiger partial charge >= 0.3 is 0 Å². The summed E-state index contributed by atoms with van der Waals surface area (Å²) in [5.74, 6) is 0.0507. The second-order valence-electron chi connectivity index (χ2n) is 6.18. The molecule has 1 aliphatic rings. The zero-order valence-corrected chi connectivity index (χ0v) is 14.1. The molecule has 1 fully saturated rings. The van der Waals surface area contributed by atoms with E-state index in [-0.39, 0.29) is 5.91 Å². The number of nitrogens with zero attached hydrogens (tertiary/aromatic N) is 1. The van der Waals surface area contributed by atoms with Crippen molar-refractivity contribution in [1.82, 2.24) is 0 Å². The van der Waals surface area contributed by atoms with Crippen LogP contribution in [0.5, 0.6) is 0 Å². The van der Waals surface area contributed by atoms with Crippen LogP contribution in [0.25, 0.3) is 0 Å². The highest BCUT2D eigenvalue weighted by molar-refractivity contribution is 5.91. The van der Waals surface area contributed by atoms with Gasteiger partial charge in [0.2, 0.25) is 5.91 Å². The van der Waals surface area contributed by atoms with Crippen molar-refractivity contribution in [2.45, 2.75) is 19.8 Å². The lowest BCUT2D eigenvalue weighted by molar-refractivity contribution is -0.116. The molecule has 4 nitrogen and oxygen atoms in total. The zero-order chi connectivity index (χ0) is 16.8. The number of hydrogen-bond acceptors (Lipinski definition) is 3. The fraction of sp³-hybridized carbons (Fsp3) is 0.350. The van der Waals surface area contributed by atoms with Gasteiger partial charge in [0.25, 0.3) is 0 Å². The van der Waals surface area contributed by atoms with Crippen LogP contribution < -0.4 is 10.2 Å². The normalized spacial score (nSPS) is 14.5. The number of morpholine rings is 1. The second kappa shape index (κ2) is 7.97. The van der Waals surface area contributed by atoms with E-state index in [9.17, 15) is 4.79 Å². The number of nitrogens with one attached hydrogen (secondary N) is 1. The number of ether oxygens (including phenoxy) is 1. The standard InChI is InChI=1S/C20H24N2O2/c1-16-5-7-17(8-6-16)9-10-20(23)21-18-3-2-4-19(15-18)22-11-13-24-14-12-22/h2-8,15H,9-14H2,1H3,(H,21,23). The van der Waals surface area contributed by atoms with Gasteiger partial charge in [0, 0.05) is 30.9 Å². The maximum Gasteiger partial charge on any atom is 0.224 e. The fourth-order valence-electron chi connectivity index (χ4n) is 2.84. The van der Waals surface area contributed by atoms with E-state index in [1.54, 1.807) is 0 Å². The number of aryl methyl sites for hydroxylation is 2. The zero-order valence-electron chi connectivity index (χ0n) is 14.1. The molecule has 0 atom stereocenters. The summed E-state index contributed by atoms with van der Waals surface area (Å²) in [6.45, 7) is 5.37. The Morgan fingerprint density at radius 1 is 1.12 bits per heavy atom. The number of amides is 1. The summed E-state index contributed by atoms with van der Waals surface area (Å²) >= 11 is 0. The summed E-state index contributed by atoms with van der Waals surface area (Å²) < 4.78 is 5.39. The molecule has 1 saturated heterocycles. The average Bonchev–Trinajstić information content (AvgIpc) is 2.62. The Labute approximate surface area is 143 Å². The molecule has 0 spiro atoms. The summed E-state index contributed by atoms with van der Waals surface area (Å²) in [7, 11) is 0. The SMILES string of the molecule is Cc1ccc(CCC(=O)Nc2cccc(N3CCOCC3)c2)cc1. The summed E-state index contributed by atoms with van der Waals surface area (Å²) in [4.78, 5) is 14.5. The molecular formula is C20H24N2O2. The quantitative estimate of drug-likeness (QED) is 0.916. The van der Waals surface area contributed by atoms with E-state index in [4.69, 9.17) is 4.74 Å². The topological polar surface area (TPSA) is 41.6 Å². The van der Waals surface area contributed by atoms with Gasteiger partial charge in [-0.15, -0.1) is 0 Å². The van der Waals surface area contributed by atoms with E-state index in [0.717, 1.165) is 44.1 Å². The first kappa shape index (κ1) is 16.5. The van der Waals surface area contributed by atoms with Crippen molar-refractivity contribution in [2.24, 2.45) is 0 Å². The minimum Gasteiger partial charge on any atom is -0.378 e. The molecule has 0 unspecified atom stereocenters. The van der Waals surface area contributed by atoms with Crippen LogP contribution in [-0.2, 0) is 16.0 Å². The molecule has 1 heterocycles. The van der Waals surface area contributed by atoms with Crippen LogP contribution in [0.15, 0.2) is 48.5 Å². The van der Waals surface area contributed by atoms with Gasteiger partial charge in [-0.2, -0.15) is 0 Å². The van der Waals surface area contributed by atoms with Crippen molar-refractivity contribution in [3.63, 3.8) is 0 Å². The maximum absolute atomic E-state index is 12.2. The molecule has 1 N–H and O–H groups in total. The van der Waals surface area contributed by atoms with Crippen LogP contribution >= 0.6 is 0 Å². The molecule has 2 aromatic rings. The van der Waals surface area contributed by atoms with Crippen LogP contribution in [0, 0.1) is 6.92 Å². The lowest BCUT2D eigenvalue weighted by atomic mass is 10.1. The predicted molar refractivity (Wildman–Crippen MR) is 97.6 cm³/mol. The predicted octanol–water partition coefficient (Wildman–Crippen LogP) is 3.40. The molecule has 0 aliphatic carbocycles. The first-order valence-electron chi connectivity index (χ1n) is 8.49. The second-order valence-corrected chi connectivity index (χ2v) is 6.18. The van der Waals surface area contributed by atoms with Gasteiger partial charge in [-0.3, -0.25) is 4.79 Å². The fourth-order valence-corrected chi connectivity index (χ4v) is 2.84. The first-order valence-corrected chi connectivity index (χ1v) is 8.49. The van der Waals surface area contributed by atoms with Crippen molar-refractivity contribution in [3.05, 3.63) is 59.7 Å². The Hall–Kier alpha value is -2.33. The molecule has 0 bridgehead atoms. The average molecular weight is 324 g/mol. The Balaban J connectivity index is 1.55. The van der Waals surface area contributed by atoms with E-state index in [1.807, 2.05) is 18.2 Å². The van der Waals surface area contributed by atoms with Gasteiger partial charge in [-0.1, -0.05) is 35.9 Å². The third kappa shape index (κ3) is 4.59. The highest BCUT2D eigenvalue weighted by Gasteiger charge is 2.12. The number of carbonyl (C=O) groups is 1. The van der Waals surface area contributed by atoms with Gasteiger partial charge in [-0.25, -0.2) is 0 Å². The van der Waals surface area contributed by atoms with E-state index in [1.165, 1.54) is 11.1 Å². The summed E-state index contributed by atoms with van der Waals surface area (Å²) in [6.07, 6.45) is 1.25. The van der Waals surface area contributed by atoms with E-state index < -0.39 is 0 Å². The third-order valence-electron chi connectivity index (χ3n) is 4.27. The lowest BCUT2D eigenvalue weighted by Crippen LogP contribution is -2.36. The van der Waals surface area contributed by atoms with Crippen LogP contribution in [0.2, 0.25) is 0 Å². The van der Waals surface area contributed by atoms with Crippen molar-refractivity contribution >= 4 is 17.3 Å². The summed E-state index contributed by atoms with van der Waals surface area (Å²) in [5.41, 5.74) is 4.42. The molecule has 0 radical (unpaired) electrons. The smallest absolute Gasteiger partial charge is 0.224 e. The van der Waals surface area contributed by atoms with E-state index in [0.29, 0.717) is 6.42 Å². The minimum absolute atomic E-state index is 0.0507. The van der Waals surface area contributed by atoms with Gasteiger partial charge in [0.05, 0.1) is 13.2 Å². The molecule has 0 aromatic heterocycles. The van der Waals surface area contributed by atoms with Crippen molar-refractivity contribution in [2.75, 3.05) is 36.5 Å². The molecule has 2 aromatic carbocycles. The molecule has 3 rings (SSSR count). The Morgan fingerprint density at radius 2 is 1.88 bits per heavy atom. The van der Waals surface area contributed by atoms with Gasteiger partial charge in [-0.05, 0) is 37.1 Å². The largest absolute Gasteiger partial charge is 0.378 e. The Bertz CT molecular complexity index is 676. The number of benzene rings is 2. The summed E-state index contributed by atoms with van der Waals surface area (Å²) in [6, 6.07) is 16.4. The van der Waals surface area contributed by atoms with Crippen LogP contribution in [-0.4, -0.2) is 32.2 Å². The van der Waals surface area contributed by atoms with Gasteiger partial charge < -0.3 is 15.0 Å². The molecular weight excluding hydrogens is 300 g/mol. The first-order chi connectivity index (χ1) is 11.7. The van der Waals surface area contributed by atoms with E-state index in [2.05, 4.69) is 47.5 Å². The Kier molecular flexibility index (Phi) is 5.49. The van der Waals surface area contributed by atoms with Crippen LogP contribution in [0.1, 0.15) is 17.5 Å². The number of carbonyl (C=O) groups excluding carboxylic acids is 1. The van der Waals surface area contributed by atoms with Crippen LogP contribution in [0.4, 0.5) is 11.4 Å². The van der Waals surface area contributed by atoms with E-state index >= 15 is 0 Å². The lowest BCUT2D eigenvalue weighted by Gasteiger charge is -2.29. The highest BCUT2D eigenvalue weighted by atomic mass is 16.5. The highest BCUT2D eigenvalue weighted by Crippen LogP contribution is 2.20. The van der Waals surface area contributed by atoms with Crippen molar-refractivity contribution < 1.29 is 9.53 Å². The number of rotatable bonds is 5. The minimum atomic E-state index is 0.0507. The maximum atomic E-state index is 12.2. The molecule has 4 heteroatoms. The van der Waals surface area contributed by atoms with Crippen molar-refractivity contribution in [1.29, 1.82) is 0 Å². The van der Waals surface area contributed by atoms with Gasteiger partial charge in [0.15, 0.2) is 0 Å². The van der Waals surface area contributed by atoms with Gasteiger partial charge in [0.1, 0.15) is 0 Å². The number of hydrogen-bond donors (Lipinski definition) is 1. The molecule has 0 saturated carbocycles. The molecule has 1 amide bonds. The third-order valence-corrected chi connectivity index (χ3v) is 4.27. The molecule has 24 heavy (non-hydrogen) atoms.